The predicted octanol–water partition coefficient (Wildman–Crippen LogP) is 1.86. The Kier molecular flexibility index (Phi) is 7.48. The Bertz CT molecular complexity index is 1430. The van der Waals surface area contributed by atoms with E-state index in [9.17, 15) is 23.6 Å². The van der Waals surface area contributed by atoms with Crippen LogP contribution in [0.15, 0.2) is 30.3 Å². The summed E-state index contributed by atoms with van der Waals surface area (Å²) in [6.07, 6.45) is 2.12. The van der Waals surface area contributed by atoms with Gasteiger partial charge in [0.25, 0.3) is 11.8 Å². The molecule has 11 nitrogen and oxygen atoms in total. The van der Waals surface area contributed by atoms with Crippen molar-refractivity contribution < 1.29 is 28.3 Å². The summed E-state index contributed by atoms with van der Waals surface area (Å²) in [7, 11) is 1.53. The number of halogens is 1. The third-order valence-electron chi connectivity index (χ3n) is 8.93. The molecule has 4 amide bonds. The van der Waals surface area contributed by atoms with Gasteiger partial charge >= 0.3 is 0 Å². The van der Waals surface area contributed by atoms with E-state index in [2.05, 4.69) is 20.0 Å². The van der Waals surface area contributed by atoms with Gasteiger partial charge < -0.3 is 20.3 Å². The number of nitrogens with one attached hydrogen (secondary N) is 1. The SMILES string of the molecule is COc1cc(N2CCC(CN3CCN(c4cccc5c4C(=O)N(C4CCC(=O)NC4=O)C5=O)CC3)CC2)c(F)cc1N. The van der Waals surface area contributed by atoms with Crippen LogP contribution in [0.4, 0.5) is 21.5 Å². The Hall–Kier alpha value is -4.19. The van der Waals surface area contributed by atoms with Crippen molar-refractivity contribution in [2.24, 2.45) is 5.92 Å². The number of hydrogen-bond donors (Lipinski definition) is 2. The average molecular weight is 579 g/mol. The molecule has 2 aromatic rings. The number of fused-ring (bicyclic) bond motifs is 1. The van der Waals surface area contributed by atoms with E-state index in [-0.39, 0.29) is 24.3 Å². The van der Waals surface area contributed by atoms with Crippen molar-refractivity contribution in [3.8, 4) is 5.75 Å². The number of imide groups is 2. The third kappa shape index (κ3) is 5.04. The number of piperazine rings is 1. The molecule has 4 heterocycles. The number of methoxy groups -OCH3 is 1. The van der Waals surface area contributed by atoms with E-state index in [1.165, 1.54) is 13.2 Å². The molecule has 1 unspecified atom stereocenters. The number of rotatable bonds is 6. The van der Waals surface area contributed by atoms with E-state index in [1.54, 1.807) is 18.2 Å². The van der Waals surface area contributed by atoms with Gasteiger partial charge in [-0.05, 0) is 37.3 Å². The van der Waals surface area contributed by atoms with Crippen LogP contribution in [0.1, 0.15) is 46.4 Å². The first-order chi connectivity index (χ1) is 20.2. The number of amides is 4. The fourth-order valence-electron chi connectivity index (χ4n) is 6.63. The second-order valence-electron chi connectivity index (χ2n) is 11.4. The first-order valence-electron chi connectivity index (χ1n) is 14.4. The zero-order valence-electron chi connectivity index (χ0n) is 23.6. The number of piperidine rings is 2. The van der Waals surface area contributed by atoms with Gasteiger partial charge in [0.05, 0.1) is 35.3 Å². The van der Waals surface area contributed by atoms with Gasteiger partial charge in [0, 0.05) is 64.4 Å². The molecule has 0 aromatic heterocycles. The maximum Gasteiger partial charge on any atom is 0.264 e. The highest BCUT2D eigenvalue weighted by molar-refractivity contribution is 6.25. The highest BCUT2D eigenvalue weighted by Gasteiger charge is 2.46. The van der Waals surface area contributed by atoms with E-state index in [0.29, 0.717) is 47.3 Å². The molecule has 0 radical (unpaired) electrons. The standard InChI is InChI=1S/C30H35FN6O5/c1-42-25-16-24(20(31)15-21(25)32)35-9-7-18(8-10-35)17-34-11-13-36(14-12-34)22-4-2-3-19-27(22)30(41)37(29(19)40)23-5-6-26(38)33-28(23)39/h2-4,15-16,18,23H,5-14,17,32H2,1H3,(H,33,38,39). The molecular weight excluding hydrogens is 543 g/mol. The Morgan fingerprint density at radius 2 is 1.64 bits per heavy atom. The van der Waals surface area contributed by atoms with Crippen LogP contribution in [0, 0.1) is 11.7 Å². The highest BCUT2D eigenvalue weighted by atomic mass is 19.1. The molecule has 3 saturated heterocycles. The lowest BCUT2D eigenvalue weighted by Gasteiger charge is -2.40. The van der Waals surface area contributed by atoms with Gasteiger partial charge in [-0.1, -0.05) is 6.07 Å². The number of nitrogens with zero attached hydrogens (tertiary/aromatic N) is 4. The Morgan fingerprint density at radius 1 is 0.929 bits per heavy atom. The van der Waals surface area contributed by atoms with Crippen LogP contribution in [-0.2, 0) is 9.59 Å². The van der Waals surface area contributed by atoms with Crippen LogP contribution < -0.4 is 25.6 Å². The topological polar surface area (TPSA) is 129 Å². The molecule has 4 aliphatic heterocycles. The summed E-state index contributed by atoms with van der Waals surface area (Å²) in [6, 6.07) is 7.26. The van der Waals surface area contributed by atoms with Crippen molar-refractivity contribution in [1.29, 1.82) is 0 Å². The normalized spacial score (nSPS) is 22.0. The highest BCUT2D eigenvalue weighted by Crippen LogP contribution is 2.36. The van der Waals surface area contributed by atoms with Crippen molar-refractivity contribution in [3.63, 3.8) is 0 Å². The Labute approximate surface area is 243 Å². The maximum absolute atomic E-state index is 14.6. The van der Waals surface area contributed by atoms with Gasteiger partial charge in [-0.3, -0.25) is 34.3 Å². The minimum absolute atomic E-state index is 0.0880. The number of hydrogen-bond acceptors (Lipinski definition) is 9. The molecule has 0 bridgehead atoms. The van der Waals surface area contributed by atoms with Gasteiger partial charge in [-0.2, -0.15) is 0 Å². The minimum atomic E-state index is -0.982. The van der Waals surface area contributed by atoms with Crippen LogP contribution in [0.25, 0.3) is 0 Å². The van der Waals surface area contributed by atoms with Gasteiger partial charge in [0.2, 0.25) is 11.8 Å². The number of nitrogen functional groups attached to an aromatic ring is 1. The van der Waals surface area contributed by atoms with E-state index in [1.807, 2.05) is 6.07 Å². The number of carbonyl (C=O) groups excluding carboxylic acids is 4. The number of carbonyl (C=O) groups is 4. The second-order valence-corrected chi connectivity index (χ2v) is 11.4. The smallest absolute Gasteiger partial charge is 0.264 e. The number of ether oxygens (including phenoxy) is 1. The summed E-state index contributed by atoms with van der Waals surface area (Å²) in [5, 5.41) is 2.24. The summed E-state index contributed by atoms with van der Waals surface area (Å²) in [5.74, 6) is -1.35. The molecule has 3 N–H and O–H groups in total. The molecule has 6 rings (SSSR count). The predicted molar refractivity (Wildman–Crippen MR) is 154 cm³/mol. The lowest BCUT2D eigenvalue weighted by molar-refractivity contribution is -0.136. The van der Waals surface area contributed by atoms with Crippen LogP contribution in [0.3, 0.4) is 0 Å². The zero-order chi connectivity index (χ0) is 29.5. The monoisotopic (exact) mass is 578 g/mol. The largest absolute Gasteiger partial charge is 0.495 e. The van der Waals surface area contributed by atoms with Crippen LogP contribution in [-0.4, -0.2) is 92.4 Å². The molecule has 1 atom stereocenters. The minimum Gasteiger partial charge on any atom is -0.495 e. The second kappa shape index (κ2) is 11.2. The maximum atomic E-state index is 14.6. The zero-order valence-corrected chi connectivity index (χ0v) is 23.6. The fraction of sp³-hybridized carbons (Fsp3) is 0.467. The Balaban J connectivity index is 1.06. The van der Waals surface area contributed by atoms with Crippen molar-refractivity contribution in [1.82, 2.24) is 15.1 Å². The van der Waals surface area contributed by atoms with E-state index < -0.39 is 29.7 Å². The summed E-state index contributed by atoms with van der Waals surface area (Å²) in [6.45, 7) is 5.48. The Morgan fingerprint density at radius 3 is 2.33 bits per heavy atom. The van der Waals surface area contributed by atoms with Crippen LogP contribution in [0.2, 0.25) is 0 Å². The van der Waals surface area contributed by atoms with Crippen molar-refractivity contribution >= 4 is 40.7 Å². The lowest BCUT2D eigenvalue weighted by atomic mass is 9.95. The van der Waals surface area contributed by atoms with Crippen LogP contribution in [0.5, 0.6) is 5.75 Å². The molecule has 0 aliphatic carbocycles. The van der Waals surface area contributed by atoms with Gasteiger partial charge in [-0.15, -0.1) is 0 Å². The third-order valence-corrected chi connectivity index (χ3v) is 8.93. The van der Waals surface area contributed by atoms with Crippen LogP contribution >= 0.6 is 0 Å². The van der Waals surface area contributed by atoms with Crippen molar-refractivity contribution in [2.75, 3.05) is 68.5 Å². The van der Waals surface area contributed by atoms with E-state index in [4.69, 9.17) is 10.5 Å². The van der Waals surface area contributed by atoms with Crippen molar-refractivity contribution in [2.45, 2.75) is 31.7 Å². The van der Waals surface area contributed by atoms with E-state index in [0.717, 1.165) is 50.5 Å². The molecule has 4 aliphatic rings. The molecule has 12 heteroatoms. The number of nitrogens with two attached hydrogens (primary N) is 1. The van der Waals surface area contributed by atoms with Crippen molar-refractivity contribution in [3.05, 3.63) is 47.3 Å². The molecule has 3 fully saturated rings. The summed E-state index contributed by atoms with van der Waals surface area (Å²) < 4.78 is 19.9. The molecular formula is C30H35FN6O5. The van der Waals surface area contributed by atoms with Gasteiger partial charge in [0.1, 0.15) is 17.6 Å². The molecule has 222 valence electrons. The molecule has 2 aromatic carbocycles. The van der Waals surface area contributed by atoms with Gasteiger partial charge in [0.15, 0.2) is 0 Å². The first-order valence-corrected chi connectivity index (χ1v) is 14.4. The summed E-state index contributed by atoms with van der Waals surface area (Å²) in [4.78, 5) is 58.4. The van der Waals surface area contributed by atoms with E-state index >= 15 is 0 Å². The fourth-order valence-corrected chi connectivity index (χ4v) is 6.63. The molecule has 0 spiro atoms. The average Bonchev–Trinajstić information content (AvgIpc) is 3.24. The number of benzene rings is 2. The first kappa shape index (κ1) is 28.0. The number of anilines is 3. The molecule has 42 heavy (non-hydrogen) atoms. The van der Waals surface area contributed by atoms with Gasteiger partial charge in [-0.25, -0.2) is 4.39 Å². The summed E-state index contributed by atoms with van der Waals surface area (Å²) in [5.41, 5.74) is 7.98. The lowest BCUT2D eigenvalue weighted by Crippen LogP contribution is -2.54. The summed E-state index contributed by atoms with van der Waals surface area (Å²) >= 11 is 0. The quantitative estimate of drug-likeness (QED) is 0.390. The molecule has 0 saturated carbocycles.